The third kappa shape index (κ3) is 4.34. The van der Waals surface area contributed by atoms with Gasteiger partial charge in [-0.2, -0.15) is 8.78 Å². The molecule has 0 spiro atoms. The topological polar surface area (TPSA) is 55.4 Å². The molecule has 0 radical (unpaired) electrons. The van der Waals surface area contributed by atoms with Crippen LogP contribution in [0.25, 0.3) is 0 Å². The molecule has 8 heteroatoms. The molecule has 23 heavy (non-hydrogen) atoms. The maximum atomic E-state index is 12.3. The van der Waals surface area contributed by atoms with E-state index < -0.39 is 16.6 Å². The SMILES string of the molecule is C#Cc1cccc(NS(=O)(=O)c2ccc(OC(F)F)c(Cl)c2)c1. The van der Waals surface area contributed by atoms with Gasteiger partial charge in [0, 0.05) is 5.56 Å². The van der Waals surface area contributed by atoms with Crippen LogP contribution in [0, 0.1) is 12.3 Å². The summed E-state index contributed by atoms with van der Waals surface area (Å²) in [6.45, 7) is -3.06. The van der Waals surface area contributed by atoms with E-state index in [1.54, 1.807) is 12.1 Å². The van der Waals surface area contributed by atoms with E-state index in [9.17, 15) is 17.2 Å². The highest BCUT2D eigenvalue weighted by Gasteiger charge is 2.17. The van der Waals surface area contributed by atoms with Crippen LogP contribution in [0.2, 0.25) is 5.02 Å². The Morgan fingerprint density at radius 3 is 2.57 bits per heavy atom. The van der Waals surface area contributed by atoms with Crippen molar-refractivity contribution in [1.82, 2.24) is 0 Å². The van der Waals surface area contributed by atoms with Crippen molar-refractivity contribution in [2.24, 2.45) is 0 Å². The van der Waals surface area contributed by atoms with Crippen LogP contribution in [0.1, 0.15) is 5.56 Å². The predicted octanol–water partition coefficient (Wildman–Crippen LogP) is 3.72. The van der Waals surface area contributed by atoms with Crippen molar-refractivity contribution in [3.63, 3.8) is 0 Å². The number of halogens is 3. The van der Waals surface area contributed by atoms with E-state index in [4.69, 9.17) is 18.0 Å². The molecular formula is C15H10ClF2NO3S. The number of sulfonamides is 1. The standard InChI is InChI=1S/C15H10ClF2NO3S/c1-2-10-4-3-5-11(8-10)19-23(20,21)12-6-7-14(13(16)9-12)22-15(17)18/h1,3-9,15,19H. The largest absolute Gasteiger partial charge is 0.433 e. The number of rotatable bonds is 5. The van der Waals surface area contributed by atoms with E-state index in [0.29, 0.717) is 5.56 Å². The van der Waals surface area contributed by atoms with Crippen LogP contribution in [-0.2, 0) is 10.0 Å². The van der Waals surface area contributed by atoms with Gasteiger partial charge in [-0.25, -0.2) is 8.42 Å². The van der Waals surface area contributed by atoms with Gasteiger partial charge in [0.25, 0.3) is 10.0 Å². The third-order valence-corrected chi connectivity index (χ3v) is 4.39. The van der Waals surface area contributed by atoms with E-state index in [2.05, 4.69) is 15.4 Å². The summed E-state index contributed by atoms with van der Waals surface area (Å²) >= 11 is 5.75. The molecule has 0 amide bonds. The zero-order valence-corrected chi connectivity index (χ0v) is 13.0. The van der Waals surface area contributed by atoms with Crippen LogP contribution < -0.4 is 9.46 Å². The van der Waals surface area contributed by atoms with Crippen molar-refractivity contribution in [2.45, 2.75) is 11.5 Å². The molecule has 2 aromatic carbocycles. The summed E-state index contributed by atoms with van der Waals surface area (Å²) in [7, 11) is -3.95. The molecule has 0 saturated carbocycles. The lowest BCUT2D eigenvalue weighted by Crippen LogP contribution is -2.13. The van der Waals surface area contributed by atoms with Gasteiger partial charge >= 0.3 is 6.61 Å². The molecule has 0 heterocycles. The molecule has 0 fully saturated rings. The molecule has 4 nitrogen and oxygen atoms in total. The fraction of sp³-hybridized carbons (Fsp3) is 0.0667. The number of terminal acetylenes is 1. The smallest absolute Gasteiger partial charge is 0.387 e. The molecule has 0 aliphatic carbocycles. The second-order valence-corrected chi connectivity index (χ2v) is 6.39. The Bertz CT molecular complexity index is 863. The van der Waals surface area contributed by atoms with Gasteiger partial charge in [0.2, 0.25) is 0 Å². The zero-order valence-electron chi connectivity index (χ0n) is 11.5. The van der Waals surface area contributed by atoms with Gasteiger partial charge in [0.15, 0.2) is 0 Å². The molecule has 0 aliphatic heterocycles. The van der Waals surface area contributed by atoms with Gasteiger partial charge in [-0.1, -0.05) is 23.6 Å². The second kappa shape index (κ2) is 6.86. The molecule has 0 saturated heterocycles. The summed E-state index contributed by atoms with van der Waals surface area (Å²) < 4.78 is 55.4. The molecule has 0 unspecified atom stereocenters. The van der Waals surface area contributed by atoms with Crippen molar-refractivity contribution in [2.75, 3.05) is 4.72 Å². The summed E-state index contributed by atoms with van der Waals surface area (Å²) in [4.78, 5) is -0.199. The van der Waals surface area contributed by atoms with Gasteiger partial charge in [0.1, 0.15) is 5.75 Å². The highest BCUT2D eigenvalue weighted by atomic mass is 35.5. The van der Waals surface area contributed by atoms with Crippen LogP contribution in [-0.4, -0.2) is 15.0 Å². The van der Waals surface area contributed by atoms with Crippen molar-refractivity contribution in [3.05, 3.63) is 53.1 Å². The third-order valence-electron chi connectivity index (χ3n) is 2.71. The van der Waals surface area contributed by atoms with Crippen molar-refractivity contribution in [3.8, 4) is 18.1 Å². The molecular weight excluding hydrogens is 348 g/mol. The Labute approximate surface area is 137 Å². The minimum Gasteiger partial charge on any atom is -0.433 e. The minimum absolute atomic E-state index is 0.199. The van der Waals surface area contributed by atoms with Crippen LogP contribution in [0.15, 0.2) is 47.4 Å². The van der Waals surface area contributed by atoms with Crippen molar-refractivity contribution >= 4 is 27.3 Å². The normalized spacial score (nSPS) is 11.1. The first-order chi connectivity index (χ1) is 10.8. The Kier molecular flexibility index (Phi) is 5.08. The van der Waals surface area contributed by atoms with Gasteiger partial charge in [0.05, 0.1) is 15.6 Å². The lowest BCUT2D eigenvalue weighted by Gasteiger charge is -2.11. The molecule has 0 aliphatic rings. The highest BCUT2D eigenvalue weighted by Crippen LogP contribution is 2.29. The molecule has 2 aromatic rings. The van der Waals surface area contributed by atoms with E-state index in [0.717, 1.165) is 18.2 Å². The first-order valence-electron chi connectivity index (χ1n) is 6.15. The number of anilines is 1. The second-order valence-electron chi connectivity index (χ2n) is 4.30. The van der Waals surface area contributed by atoms with E-state index in [1.807, 2.05) is 0 Å². The average molecular weight is 358 g/mol. The molecule has 0 bridgehead atoms. The van der Waals surface area contributed by atoms with Crippen molar-refractivity contribution in [1.29, 1.82) is 0 Å². The quantitative estimate of drug-likeness (QED) is 0.830. The minimum atomic E-state index is -3.95. The monoisotopic (exact) mass is 357 g/mol. The van der Waals surface area contributed by atoms with Crippen LogP contribution >= 0.6 is 11.6 Å². The fourth-order valence-corrected chi connectivity index (χ4v) is 3.09. The highest BCUT2D eigenvalue weighted by molar-refractivity contribution is 7.92. The molecule has 1 N–H and O–H groups in total. The first-order valence-corrected chi connectivity index (χ1v) is 8.02. The Morgan fingerprint density at radius 1 is 1.22 bits per heavy atom. The summed E-state index contributed by atoms with van der Waals surface area (Å²) in [5.74, 6) is 2.07. The number of hydrogen-bond acceptors (Lipinski definition) is 3. The van der Waals surface area contributed by atoms with Crippen LogP contribution in [0.3, 0.4) is 0 Å². The number of benzene rings is 2. The number of alkyl halides is 2. The maximum Gasteiger partial charge on any atom is 0.387 e. The summed E-state index contributed by atoms with van der Waals surface area (Å²) in [6, 6.07) is 9.43. The van der Waals surface area contributed by atoms with Gasteiger partial charge < -0.3 is 4.74 Å². The van der Waals surface area contributed by atoms with E-state index in [1.165, 1.54) is 12.1 Å². The first kappa shape index (κ1) is 17.1. The van der Waals surface area contributed by atoms with Gasteiger partial charge in [-0.3, -0.25) is 4.72 Å². The zero-order chi connectivity index (χ0) is 17.0. The van der Waals surface area contributed by atoms with Gasteiger partial charge in [-0.15, -0.1) is 6.42 Å². The summed E-state index contributed by atoms with van der Waals surface area (Å²) in [5.41, 5.74) is 0.772. The average Bonchev–Trinajstić information content (AvgIpc) is 2.48. The lowest BCUT2D eigenvalue weighted by atomic mass is 10.2. The Morgan fingerprint density at radius 2 is 1.96 bits per heavy atom. The summed E-state index contributed by atoms with van der Waals surface area (Å²) in [5, 5.41) is -0.245. The predicted molar refractivity (Wildman–Crippen MR) is 83.3 cm³/mol. The van der Waals surface area contributed by atoms with Crippen LogP contribution in [0.4, 0.5) is 14.5 Å². The van der Waals surface area contributed by atoms with Crippen molar-refractivity contribution < 1.29 is 21.9 Å². The lowest BCUT2D eigenvalue weighted by molar-refractivity contribution is -0.0498. The molecule has 120 valence electrons. The number of hydrogen-bond donors (Lipinski definition) is 1. The van der Waals surface area contributed by atoms with E-state index >= 15 is 0 Å². The number of ether oxygens (including phenoxy) is 1. The van der Waals surface area contributed by atoms with E-state index in [-0.39, 0.29) is 21.4 Å². The molecule has 0 aromatic heterocycles. The fourth-order valence-electron chi connectivity index (χ4n) is 1.73. The Hall–Kier alpha value is -2.30. The Balaban J connectivity index is 2.29. The van der Waals surface area contributed by atoms with Gasteiger partial charge in [-0.05, 0) is 36.4 Å². The molecule has 0 atom stereocenters. The molecule has 2 rings (SSSR count). The number of nitrogens with one attached hydrogen (secondary N) is 1. The maximum absolute atomic E-state index is 12.3. The summed E-state index contributed by atoms with van der Waals surface area (Å²) in [6.07, 6.45) is 5.25. The van der Waals surface area contributed by atoms with Crippen LogP contribution in [0.5, 0.6) is 5.75 Å².